The molecule has 2 rings (SSSR count). The van der Waals surface area contributed by atoms with Gasteiger partial charge < -0.3 is 9.84 Å². The number of carboxylic acid groups (broad SMARTS) is 1. The molecule has 0 saturated carbocycles. The SMILES string of the molecule is N#Cc1c(Cl)cccc1OCc1ccccc1C(=O)O. The normalized spacial score (nSPS) is 9.80. The van der Waals surface area contributed by atoms with Crippen LogP contribution in [-0.4, -0.2) is 11.1 Å². The van der Waals surface area contributed by atoms with Crippen LogP contribution in [0.25, 0.3) is 0 Å². The Morgan fingerprint density at radius 1 is 1.25 bits per heavy atom. The van der Waals surface area contributed by atoms with Crippen LogP contribution in [0.3, 0.4) is 0 Å². The molecule has 0 bridgehead atoms. The van der Waals surface area contributed by atoms with Crippen molar-refractivity contribution >= 4 is 17.6 Å². The second kappa shape index (κ2) is 6.09. The van der Waals surface area contributed by atoms with E-state index in [4.69, 9.17) is 26.7 Å². The van der Waals surface area contributed by atoms with Crippen molar-refractivity contribution in [1.82, 2.24) is 0 Å². The van der Waals surface area contributed by atoms with E-state index >= 15 is 0 Å². The van der Waals surface area contributed by atoms with Gasteiger partial charge in [-0.2, -0.15) is 5.26 Å². The molecule has 4 nitrogen and oxygen atoms in total. The third-order valence-electron chi connectivity index (χ3n) is 2.72. The average Bonchev–Trinajstić information content (AvgIpc) is 2.45. The molecule has 20 heavy (non-hydrogen) atoms. The van der Waals surface area contributed by atoms with Crippen molar-refractivity contribution in [1.29, 1.82) is 5.26 Å². The molecular weight excluding hydrogens is 278 g/mol. The standard InChI is InChI=1S/C15H10ClNO3/c16-13-6-3-7-14(12(13)8-17)20-9-10-4-1-2-5-11(10)15(18)19/h1-7H,9H2,(H,18,19). The fourth-order valence-corrected chi connectivity index (χ4v) is 1.95. The predicted molar refractivity (Wildman–Crippen MR) is 73.9 cm³/mol. The second-order valence-corrected chi connectivity index (χ2v) is 4.38. The highest BCUT2D eigenvalue weighted by molar-refractivity contribution is 6.31. The van der Waals surface area contributed by atoms with Gasteiger partial charge in [-0.05, 0) is 18.2 Å². The highest BCUT2D eigenvalue weighted by Gasteiger charge is 2.11. The van der Waals surface area contributed by atoms with Crippen LogP contribution in [-0.2, 0) is 6.61 Å². The number of benzene rings is 2. The molecule has 0 amide bonds. The molecule has 0 fully saturated rings. The van der Waals surface area contributed by atoms with Crippen LogP contribution in [0.4, 0.5) is 0 Å². The maximum Gasteiger partial charge on any atom is 0.336 e. The molecular formula is C15H10ClNO3. The minimum absolute atomic E-state index is 0.0531. The van der Waals surface area contributed by atoms with Gasteiger partial charge in [-0.25, -0.2) is 4.79 Å². The molecule has 0 aliphatic carbocycles. The van der Waals surface area contributed by atoms with Crippen molar-refractivity contribution in [2.75, 3.05) is 0 Å². The molecule has 0 spiro atoms. The highest BCUT2D eigenvalue weighted by atomic mass is 35.5. The first-order valence-electron chi connectivity index (χ1n) is 5.76. The van der Waals surface area contributed by atoms with Gasteiger partial charge in [-0.15, -0.1) is 0 Å². The predicted octanol–water partition coefficient (Wildman–Crippen LogP) is 3.49. The molecule has 2 aromatic rings. The van der Waals surface area contributed by atoms with Crippen LogP contribution in [0.1, 0.15) is 21.5 Å². The van der Waals surface area contributed by atoms with Gasteiger partial charge in [0.2, 0.25) is 0 Å². The molecule has 0 atom stereocenters. The van der Waals surface area contributed by atoms with E-state index in [1.807, 2.05) is 6.07 Å². The first-order chi connectivity index (χ1) is 9.63. The lowest BCUT2D eigenvalue weighted by atomic mass is 10.1. The van der Waals surface area contributed by atoms with E-state index in [1.165, 1.54) is 6.07 Å². The molecule has 0 radical (unpaired) electrons. The van der Waals surface area contributed by atoms with Gasteiger partial charge in [0.1, 0.15) is 24.0 Å². The second-order valence-electron chi connectivity index (χ2n) is 3.98. The van der Waals surface area contributed by atoms with Gasteiger partial charge in [0.25, 0.3) is 0 Å². The van der Waals surface area contributed by atoms with Gasteiger partial charge in [0.05, 0.1) is 10.6 Å². The van der Waals surface area contributed by atoms with Crippen LogP contribution in [0, 0.1) is 11.3 Å². The zero-order chi connectivity index (χ0) is 14.5. The van der Waals surface area contributed by atoms with Crippen molar-refractivity contribution in [3.05, 3.63) is 64.2 Å². The smallest absolute Gasteiger partial charge is 0.336 e. The Balaban J connectivity index is 2.24. The lowest BCUT2D eigenvalue weighted by molar-refractivity contribution is 0.0694. The Bertz CT molecular complexity index is 692. The van der Waals surface area contributed by atoms with Gasteiger partial charge in [0, 0.05) is 5.56 Å². The Hall–Kier alpha value is -2.51. The van der Waals surface area contributed by atoms with Crippen molar-refractivity contribution in [2.45, 2.75) is 6.61 Å². The van der Waals surface area contributed by atoms with E-state index < -0.39 is 5.97 Å². The first-order valence-corrected chi connectivity index (χ1v) is 6.14. The first kappa shape index (κ1) is 13.9. The number of hydrogen-bond donors (Lipinski definition) is 1. The number of aromatic carboxylic acids is 1. The van der Waals surface area contributed by atoms with Gasteiger partial charge >= 0.3 is 5.97 Å². The molecule has 0 aliphatic heterocycles. The van der Waals surface area contributed by atoms with Crippen LogP contribution < -0.4 is 4.74 Å². The molecule has 100 valence electrons. The summed E-state index contributed by atoms with van der Waals surface area (Å²) in [5, 5.41) is 18.4. The Labute approximate surface area is 120 Å². The summed E-state index contributed by atoms with van der Waals surface area (Å²) in [5.74, 6) is -0.684. The summed E-state index contributed by atoms with van der Waals surface area (Å²) in [5.41, 5.74) is 0.943. The topological polar surface area (TPSA) is 70.3 Å². The molecule has 0 heterocycles. The minimum atomic E-state index is -1.02. The van der Waals surface area contributed by atoms with E-state index in [2.05, 4.69) is 0 Å². The number of nitriles is 1. The van der Waals surface area contributed by atoms with Crippen LogP contribution in [0.15, 0.2) is 42.5 Å². The summed E-state index contributed by atoms with van der Waals surface area (Å²) in [7, 11) is 0. The largest absolute Gasteiger partial charge is 0.487 e. The van der Waals surface area contributed by atoms with Gasteiger partial charge in [0.15, 0.2) is 0 Å². The minimum Gasteiger partial charge on any atom is -0.487 e. The Morgan fingerprint density at radius 2 is 2.00 bits per heavy atom. The molecule has 1 N–H and O–H groups in total. The van der Waals surface area contributed by atoms with Crippen molar-refractivity contribution < 1.29 is 14.6 Å². The summed E-state index contributed by atoms with van der Waals surface area (Å²) >= 11 is 5.90. The number of hydrogen-bond acceptors (Lipinski definition) is 3. The molecule has 0 aromatic heterocycles. The van der Waals surface area contributed by atoms with E-state index in [9.17, 15) is 4.79 Å². The van der Waals surface area contributed by atoms with Gasteiger partial charge in [-0.1, -0.05) is 35.9 Å². The summed E-state index contributed by atoms with van der Waals surface area (Å²) < 4.78 is 5.52. The van der Waals surface area contributed by atoms with E-state index in [-0.39, 0.29) is 17.7 Å². The third-order valence-corrected chi connectivity index (χ3v) is 3.03. The fourth-order valence-electron chi connectivity index (χ4n) is 1.74. The van der Waals surface area contributed by atoms with Crippen molar-refractivity contribution in [3.8, 4) is 11.8 Å². The maximum absolute atomic E-state index is 11.1. The Kier molecular flexibility index (Phi) is 4.24. The zero-order valence-electron chi connectivity index (χ0n) is 10.3. The zero-order valence-corrected chi connectivity index (χ0v) is 11.1. The number of carbonyl (C=O) groups is 1. The van der Waals surface area contributed by atoms with Crippen LogP contribution in [0.2, 0.25) is 5.02 Å². The van der Waals surface area contributed by atoms with Crippen LogP contribution in [0.5, 0.6) is 5.75 Å². The third kappa shape index (κ3) is 2.90. The molecule has 0 saturated heterocycles. The molecule has 2 aromatic carbocycles. The van der Waals surface area contributed by atoms with E-state index in [0.29, 0.717) is 16.3 Å². The number of carboxylic acids is 1. The number of rotatable bonds is 4. The molecule has 0 aliphatic rings. The number of halogens is 1. The lowest BCUT2D eigenvalue weighted by Gasteiger charge is -2.10. The van der Waals surface area contributed by atoms with E-state index in [1.54, 1.807) is 36.4 Å². The van der Waals surface area contributed by atoms with Crippen LogP contribution >= 0.6 is 11.6 Å². The van der Waals surface area contributed by atoms with Gasteiger partial charge in [-0.3, -0.25) is 0 Å². The fraction of sp³-hybridized carbons (Fsp3) is 0.0667. The average molecular weight is 288 g/mol. The quantitative estimate of drug-likeness (QED) is 0.934. The summed E-state index contributed by atoms with van der Waals surface area (Å²) in [4.78, 5) is 11.1. The lowest BCUT2D eigenvalue weighted by Crippen LogP contribution is -2.05. The maximum atomic E-state index is 11.1. The molecule has 0 unspecified atom stereocenters. The number of nitrogens with zero attached hydrogens (tertiary/aromatic N) is 1. The summed E-state index contributed by atoms with van der Waals surface area (Å²) in [6, 6.07) is 13.4. The highest BCUT2D eigenvalue weighted by Crippen LogP contribution is 2.26. The summed E-state index contributed by atoms with van der Waals surface area (Å²) in [6.07, 6.45) is 0. The monoisotopic (exact) mass is 287 g/mol. The Morgan fingerprint density at radius 3 is 2.70 bits per heavy atom. The summed E-state index contributed by atoms with van der Waals surface area (Å²) in [6.45, 7) is 0.0531. The van der Waals surface area contributed by atoms with Crippen molar-refractivity contribution in [3.63, 3.8) is 0 Å². The molecule has 5 heteroatoms. The van der Waals surface area contributed by atoms with E-state index in [0.717, 1.165) is 0 Å². The van der Waals surface area contributed by atoms with Crippen molar-refractivity contribution in [2.24, 2.45) is 0 Å². The number of ether oxygens (including phenoxy) is 1.